The van der Waals surface area contributed by atoms with Crippen LogP contribution in [-0.4, -0.2) is 100 Å². The van der Waals surface area contributed by atoms with Gasteiger partial charge in [0.15, 0.2) is 0 Å². The van der Waals surface area contributed by atoms with Crippen LogP contribution in [0.25, 0.3) is 5.69 Å². The quantitative estimate of drug-likeness (QED) is 0.442. The number of urea groups is 1. The Morgan fingerprint density at radius 3 is 2.36 bits per heavy atom. The van der Waals surface area contributed by atoms with Crippen LogP contribution in [0.2, 0.25) is 0 Å². The van der Waals surface area contributed by atoms with Gasteiger partial charge in [-0.05, 0) is 76.5 Å². The van der Waals surface area contributed by atoms with Crippen molar-refractivity contribution in [2.75, 3.05) is 57.7 Å². The van der Waals surface area contributed by atoms with E-state index in [9.17, 15) is 14.4 Å². The van der Waals surface area contributed by atoms with Crippen molar-refractivity contribution in [1.82, 2.24) is 24.3 Å². The SMILES string of the molecule is CC(CN1CC[C@@H](CN)C1)Oc1ccc(-n2ccc(NC(=O)N3CCN(C(=O)C(C)(C)N)CC3)nc2=O)cc1. The molecule has 2 aromatic rings. The van der Waals surface area contributed by atoms with Gasteiger partial charge in [-0.3, -0.25) is 19.6 Å². The molecule has 2 saturated heterocycles. The number of amides is 3. The third-order valence-electron chi connectivity index (χ3n) is 7.11. The number of rotatable bonds is 8. The molecule has 1 aromatic heterocycles. The number of hydrogen-bond acceptors (Lipinski definition) is 8. The molecule has 1 aromatic carbocycles. The van der Waals surface area contributed by atoms with E-state index in [1.807, 2.05) is 19.1 Å². The number of nitrogens with two attached hydrogens (primary N) is 2. The van der Waals surface area contributed by atoms with Crippen LogP contribution in [-0.2, 0) is 4.79 Å². The van der Waals surface area contributed by atoms with Crippen molar-refractivity contribution in [1.29, 1.82) is 0 Å². The van der Waals surface area contributed by atoms with Gasteiger partial charge >= 0.3 is 11.7 Å². The Labute approximate surface area is 228 Å². The summed E-state index contributed by atoms with van der Waals surface area (Å²) in [4.78, 5) is 47.4. The average molecular weight is 541 g/mol. The minimum absolute atomic E-state index is 0.0237. The van der Waals surface area contributed by atoms with E-state index < -0.39 is 11.2 Å². The molecule has 1 unspecified atom stereocenters. The van der Waals surface area contributed by atoms with E-state index in [0.29, 0.717) is 37.8 Å². The maximum Gasteiger partial charge on any atom is 0.354 e. The number of anilines is 1. The molecule has 2 aliphatic heterocycles. The Hall–Kier alpha value is -3.48. The molecule has 2 aliphatic rings. The molecule has 12 heteroatoms. The van der Waals surface area contributed by atoms with Gasteiger partial charge < -0.3 is 26.0 Å². The standard InChI is InChI=1S/C27H40N8O4/c1-19(17-32-10-8-20(16-28)18-32)39-22-6-4-21(5-7-22)35-11-9-23(31-26(35)38)30-25(37)34-14-12-33(13-15-34)24(36)27(2,3)29/h4-7,9,11,19-20H,8,10,12-18,28-29H2,1-3H3,(H,30,31,37,38)/t19?,20-/m0/s1. The number of aromatic nitrogens is 2. The number of piperazine rings is 1. The lowest BCUT2D eigenvalue weighted by Gasteiger charge is -2.37. The first-order valence-electron chi connectivity index (χ1n) is 13.5. The van der Waals surface area contributed by atoms with Crippen molar-refractivity contribution < 1.29 is 14.3 Å². The second-order valence-electron chi connectivity index (χ2n) is 11.0. The summed E-state index contributed by atoms with van der Waals surface area (Å²) < 4.78 is 7.47. The molecule has 0 spiro atoms. The number of hydrogen-bond donors (Lipinski definition) is 3. The van der Waals surface area contributed by atoms with Gasteiger partial charge in [0, 0.05) is 45.5 Å². The van der Waals surface area contributed by atoms with Crippen molar-refractivity contribution in [2.24, 2.45) is 17.4 Å². The van der Waals surface area contributed by atoms with E-state index in [1.54, 1.807) is 48.0 Å². The third-order valence-corrected chi connectivity index (χ3v) is 7.11. The molecule has 2 atom stereocenters. The van der Waals surface area contributed by atoms with E-state index in [-0.39, 0.29) is 23.9 Å². The van der Waals surface area contributed by atoms with Gasteiger partial charge in [0.1, 0.15) is 17.7 Å². The van der Waals surface area contributed by atoms with Crippen LogP contribution in [0.5, 0.6) is 5.75 Å². The van der Waals surface area contributed by atoms with Gasteiger partial charge in [0.25, 0.3) is 0 Å². The first-order valence-corrected chi connectivity index (χ1v) is 13.5. The van der Waals surface area contributed by atoms with Gasteiger partial charge in [-0.1, -0.05) is 0 Å². The highest BCUT2D eigenvalue weighted by molar-refractivity contribution is 5.89. The zero-order chi connectivity index (χ0) is 28.2. The summed E-state index contributed by atoms with van der Waals surface area (Å²) in [5.41, 5.74) is 10.9. The second kappa shape index (κ2) is 12.1. The minimum atomic E-state index is -0.952. The fraction of sp³-hybridized carbons (Fsp3) is 0.556. The maximum atomic E-state index is 12.7. The van der Waals surface area contributed by atoms with Crippen LogP contribution in [0.1, 0.15) is 27.2 Å². The highest BCUT2D eigenvalue weighted by Crippen LogP contribution is 2.19. The van der Waals surface area contributed by atoms with Crippen LogP contribution in [0.3, 0.4) is 0 Å². The van der Waals surface area contributed by atoms with Crippen LogP contribution >= 0.6 is 0 Å². The molecule has 212 valence electrons. The van der Waals surface area contributed by atoms with Gasteiger partial charge in [0.2, 0.25) is 5.91 Å². The monoisotopic (exact) mass is 540 g/mol. The highest BCUT2D eigenvalue weighted by Gasteiger charge is 2.31. The summed E-state index contributed by atoms with van der Waals surface area (Å²) in [6, 6.07) is 8.46. The lowest BCUT2D eigenvalue weighted by atomic mass is 10.1. The zero-order valence-corrected chi connectivity index (χ0v) is 23.0. The van der Waals surface area contributed by atoms with Crippen molar-refractivity contribution in [2.45, 2.75) is 38.8 Å². The zero-order valence-electron chi connectivity index (χ0n) is 23.0. The normalized spacial score (nSPS) is 19.2. The van der Waals surface area contributed by atoms with E-state index in [4.69, 9.17) is 16.2 Å². The second-order valence-corrected chi connectivity index (χ2v) is 11.0. The number of benzene rings is 1. The summed E-state index contributed by atoms with van der Waals surface area (Å²) in [5, 5.41) is 2.68. The third kappa shape index (κ3) is 7.34. The van der Waals surface area contributed by atoms with Crippen molar-refractivity contribution in [3.63, 3.8) is 0 Å². The molecular formula is C27H40N8O4. The van der Waals surface area contributed by atoms with E-state index in [2.05, 4.69) is 15.2 Å². The Morgan fingerprint density at radius 1 is 1.10 bits per heavy atom. The molecule has 12 nitrogen and oxygen atoms in total. The lowest BCUT2D eigenvalue weighted by molar-refractivity contribution is -0.137. The topological polar surface area (TPSA) is 152 Å². The largest absolute Gasteiger partial charge is 0.489 e. The van der Waals surface area contributed by atoms with Gasteiger partial charge in [0.05, 0.1) is 11.2 Å². The van der Waals surface area contributed by atoms with E-state index in [0.717, 1.165) is 38.3 Å². The average Bonchev–Trinajstić information content (AvgIpc) is 3.36. The maximum absolute atomic E-state index is 12.7. The van der Waals surface area contributed by atoms with Crippen molar-refractivity contribution >= 4 is 17.8 Å². The summed E-state index contributed by atoms with van der Waals surface area (Å²) in [5.74, 6) is 1.31. The molecule has 39 heavy (non-hydrogen) atoms. The molecule has 0 bridgehead atoms. The van der Waals surface area contributed by atoms with Gasteiger partial charge in [-0.2, -0.15) is 4.98 Å². The summed E-state index contributed by atoms with van der Waals surface area (Å²) in [7, 11) is 0. The molecule has 0 radical (unpaired) electrons. The minimum Gasteiger partial charge on any atom is -0.489 e. The van der Waals surface area contributed by atoms with Crippen LogP contribution in [0.4, 0.5) is 10.6 Å². The summed E-state index contributed by atoms with van der Waals surface area (Å²) >= 11 is 0. The van der Waals surface area contributed by atoms with Crippen LogP contribution < -0.4 is 27.2 Å². The number of nitrogens with one attached hydrogen (secondary N) is 1. The number of likely N-dealkylation sites (tertiary alicyclic amines) is 1. The predicted molar refractivity (Wildman–Crippen MR) is 149 cm³/mol. The lowest BCUT2D eigenvalue weighted by Crippen LogP contribution is -2.58. The fourth-order valence-corrected chi connectivity index (χ4v) is 4.97. The predicted octanol–water partition coefficient (Wildman–Crippen LogP) is 0.694. The van der Waals surface area contributed by atoms with Gasteiger partial charge in [-0.15, -0.1) is 0 Å². The molecule has 2 fully saturated rings. The highest BCUT2D eigenvalue weighted by atomic mass is 16.5. The number of nitrogens with zero attached hydrogens (tertiary/aromatic N) is 5. The molecule has 0 aliphatic carbocycles. The Kier molecular flexibility index (Phi) is 8.88. The van der Waals surface area contributed by atoms with Crippen molar-refractivity contribution in [3.05, 3.63) is 47.0 Å². The van der Waals surface area contributed by atoms with Crippen LogP contribution in [0.15, 0.2) is 41.3 Å². The first-order chi connectivity index (χ1) is 18.5. The molecule has 0 saturated carbocycles. The molecule has 3 amide bonds. The fourth-order valence-electron chi connectivity index (χ4n) is 4.97. The first kappa shape index (κ1) is 28.5. The molecular weight excluding hydrogens is 500 g/mol. The smallest absolute Gasteiger partial charge is 0.354 e. The molecule has 5 N–H and O–H groups in total. The van der Waals surface area contributed by atoms with E-state index >= 15 is 0 Å². The number of carbonyl (C=O) groups is 2. The Morgan fingerprint density at radius 2 is 1.77 bits per heavy atom. The molecule has 4 rings (SSSR count). The Bertz CT molecular complexity index is 1200. The van der Waals surface area contributed by atoms with Gasteiger partial charge in [-0.25, -0.2) is 9.59 Å². The Balaban J connectivity index is 1.29. The number of carbonyl (C=O) groups excluding carboxylic acids is 2. The van der Waals surface area contributed by atoms with Crippen molar-refractivity contribution in [3.8, 4) is 11.4 Å². The number of ether oxygens (including phenoxy) is 1. The van der Waals surface area contributed by atoms with E-state index in [1.165, 1.54) is 4.57 Å². The summed E-state index contributed by atoms with van der Waals surface area (Å²) in [6.07, 6.45) is 2.73. The van der Waals surface area contributed by atoms with Crippen LogP contribution in [0, 0.1) is 5.92 Å². The summed E-state index contributed by atoms with van der Waals surface area (Å²) in [6.45, 7) is 10.5. The molecule has 3 heterocycles.